The minimum atomic E-state index is -0.453. The largest absolute Gasteiger partial charge is 0.466 e. The highest BCUT2D eigenvalue weighted by atomic mass is 35.5. The first-order valence-corrected chi connectivity index (χ1v) is 7.15. The number of nitrogens with zero attached hydrogens (tertiary/aromatic N) is 4. The fourth-order valence-electron chi connectivity index (χ4n) is 2.52. The highest BCUT2D eigenvalue weighted by Crippen LogP contribution is 2.36. The van der Waals surface area contributed by atoms with Crippen molar-refractivity contribution in [1.29, 1.82) is 0 Å². The zero-order valence-electron chi connectivity index (χ0n) is 12.1. The number of hydrogen-bond acceptors (Lipinski definition) is 6. The molecule has 1 aliphatic rings. The molecule has 0 amide bonds. The molecule has 0 bridgehead atoms. The number of rotatable bonds is 3. The zero-order chi connectivity index (χ0) is 15.7. The second-order valence-electron chi connectivity index (χ2n) is 4.76. The summed E-state index contributed by atoms with van der Waals surface area (Å²) in [5.41, 5.74) is 2.09. The molecule has 0 saturated carbocycles. The molecule has 0 spiro atoms. The lowest BCUT2D eigenvalue weighted by Gasteiger charge is -2.28. The Morgan fingerprint density at radius 2 is 2.14 bits per heavy atom. The molecule has 22 heavy (non-hydrogen) atoms. The van der Waals surface area contributed by atoms with Crippen LogP contribution in [-0.4, -0.2) is 33.3 Å². The van der Waals surface area contributed by atoms with E-state index in [1.807, 2.05) is 19.1 Å². The highest BCUT2D eigenvalue weighted by molar-refractivity contribution is 6.30. The van der Waals surface area contributed by atoms with E-state index in [0.29, 0.717) is 23.0 Å². The summed E-state index contributed by atoms with van der Waals surface area (Å²) in [6.07, 6.45) is 0.626. The maximum absolute atomic E-state index is 12.3. The van der Waals surface area contributed by atoms with Gasteiger partial charge in [0.2, 0.25) is 5.95 Å². The molecule has 0 fully saturated rings. The van der Waals surface area contributed by atoms with Gasteiger partial charge >= 0.3 is 5.97 Å². The molecule has 8 heteroatoms. The van der Waals surface area contributed by atoms with Crippen molar-refractivity contribution >= 4 is 23.5 Å². The van der Waals surface area contributed by atoms with Crippen molar-refractivity contribution in [2.45, 2.75) is 19.4 Å². The van der Waals surface area contributed by atoms with E-state index in [1.54, 1.807) is 16.8 Å². The predicted molar refractivity (Wildman–Crippen MR) is 80.4 cm³/mol. The van der Waals surface area contributed by atoms with E-state index in [2.05, 4.69) is 20.8 Å². The Kier molecular flexibility index (Phi) is 3.81. The van der Waals surface area contributed by atoms with Gasteiger partial charge in [-0.2, -0.15) is 4.68 Å². The van der Waals surface area contributed by atoms with Crippen molar-refractivity contribution in [3.05, 3.63) is 46.1 Å². The molecular formula is C14H14ClN5O2. The highest BCUT2D eigenvalue weighted by Gasteiger charge is 2.35. The van der Waals surface area contributed by atoms with Crippen molar-refractivity contribution in [3.63, 3.8) is 0 Å². The van der Waals surface area contributed by atoms with Gasteiger partial charge in [0, 0.05) is 10.7 Å². The molecule has 0 aliphatic carbocycles. The zero-order valence-corrected chi connectivity index (χ0v) is 12.8. The number of ether oxygens (including phenoxy) is 1. The third-order valence-electron chi connectivity index (χ3n) is 3.54. The molecule has 1 N–H and O–H groups in total. The molecule has 0 unspecified atom stereocenters. The van der Waals surface area contributed by atoms with Crippen LogP contribution in [0.3, 0.4) is 0 Å². The molecule has 2 heterocycles. The number of aromatic nitrogens is 4. The van der Waals surface area contributed by atoms with Gasteiger partial charge in [0.05, 0.1) is 12.7 Å². The third-order valence-corrected chi connectivity index (χ3v) is 3.80. The Hall–Kier alpha value is -2.41. The van der Waals surface area contributed by atoms with Crippen LogP contribution in [0.4, 0.5) is 5.95 Å². The molecule has 1 aliphatic heterocycles. The number of halogens is 1. The first-order chi connectivity index (χ1) is 10.7. The summed E-state index contributed by atoms with van der Waals surface area (Å²) in [5.74, 6) is 0.0786. The first-order valence-electron chi connectivity index (χ1n) is 6.77. The second kappa shape index (κ2) is 5.76. The van der Waals surface area contributed by atoms with Gasteiger partial charge in [0.15, 0.2) is 0 Å². The van der Waals surface area contributed by atoms with Crippen LogP contribution in [0.5, 0.6) is 0 Å². The maximum Gasteiger partial charge on any atom is 0.338 e. The number of tetrazole rings is 1. The Bertz CT molecular complexity index is 738. The van der Waals surface area contributed by atoms with Crippen LogP contribution in [0, 0.1) is 0 Å². The van der Waals surface area contributed by atoms with Gasteiger partial charge in [-0.1, -0.05) is 35.8 Å². The number of nitrogens with one attached hydrogen (secondary N) is 1. The van der Waals surface area contributed by atoms with E-state index < -0.39 is 12.0 Å². The monoisotopic (exact) mass is 319 g/mol. The van der Waals surface area contributed by atoms with Gasteiger partial charge in [0.1, 0.15) is 6.04 Å². The van der Waals surface area contributed by atoms with Crippen LogP contribution in [0.15, 0.2) is 35.5 Å². The molecule has 1 aromatic heterocycles. The fraction of sp³-hybridized carbons (Fsp3) is 0.286. The topological polar surface area (TPSA) is 81.9 Å². The summed E-state index contributed by atoms with van der Waals surface area (Å²) in [4.78, 5) is 12.3. The predicted octanol–water partition coefficient (Wildman–Crippen LogP) is 2.18. The number of hydrogen-bond donors (Lipinski definition) is 1. The number of esters is 1. The van der Waals surface area contributed by atoms with Gasteiger partial charge in [-0.25, -0.2) is 4.79 Å². The van der Waals surface area contributed by atoms with Gasteiger partial charge in [0.25, 0.3) is 0 Å². The number of anilines is 1. The van der Waals surface area contributed by atoms with Crippen LogP contribution in [-0.2, 0) is 9.53 Å². The van der Waals surface area contributed by atoms with Gasteiger partial charge in [-0.3, -0.25) is 0 Å². The third kappa shape index (κ3) is 2.33. The average molecular weight is 320 g/mol. The van der Waals surface area contributed by atoms with Crippen molar-refractivity contribution in [2.75, 3.05) is 12.4 Å². The smallest absolute Gasteiger partial charge is 0.338 e. The van der Waals surface area contributed by atoms with Gasteiger partial charge in [-0.05, 0) is 34.5 Å². The maximum atomic E-state index is 12.3. The number of methoxy groups -OCH3 is 1. The molecule has 3 rings (SSSR count). The minimum Gasteiger partial charge on any atom is -0.466 e. The summed E-state index contributed by atoms with van der Waals surface area (Å²) in [5, 5.41) is 15.3. The molecule has 0 radical (unpaired) electrons. The van der Waals surface area contributed by atoms with E-state index in [9.17, 15) is 4.79 Å². The standard InChI is InChI=1S/C14H14ClN5O2/c1-3-10-11(13(21)22-2)12(8-4-6-9(15)7-5-8)20-14(16-10)17-18-19-20/h4-7,12H,3H2,1-2H3,(H,16,17,19)/t12-/m1/s1. The van der Waals surface area contributed by atoms with E-state index in [1.165, 1.54) is 7.11 Å². The molecule has 114 valence electrons. The lowest BCUT2D eigenvalue weighted by atomic mass is 9.95. The number of benzene rings is 1. The van der Waals surface area contributed by atoms with Crippen molar-refractivity contribution in [1.82, 2.24) is 20.2 Å². The van der Waals surface area contributed by atoms with Crippen molar-refractivity contribution < 1.29 is 9.53 Å². The van der Waals surface area contributed by atoms with E-state index in [-0.39, 0.29) is 0 Å². The van der Waals surface area contributed by atoms with Crippen molar-refractivity contribution in [3.8, 4) is 0 Å². The Morgan fingerprint density at radius 3 is 2.77 bits per heavy atom. The van der Waals surface area contributed by atoms with E-state index >= 15 is 0 Å². The number of carbonyl (C=O) groups is 1. The van der Waals surface area contributed by atoms with E-state index in [4.69, 9.17) is 16.3 Å². The van der Waals surface area contributed by atoms with Gasteiger partial charge in [-0.15, -0.1) is 0 Å². The van der Waals surface area contributed by atoms with Crippen LogP contribution >= 0.6 is 11.6 Å². The van der Waals surface area contributed by atoms with Crippen molar-refractivity contribution in [2.24, 2.45) is 0 Å². The lowest BCUT2D eigenvalue weighted by Crippen LogP contribution is -2.30. The quantitative estimate of drug-likeness (QED) is 0.873. The molecule has 2 aromatic rings. The van der Waals surface area contributed by atoms with Crippen LogP contribution in [0.25, 0.3) is 0 Å². The minimum absolute atomic E-state index is 0.412. The summed E-state index contributed by atoms with van der Waals surface area (Å²) in [7, 11) is 1.36. The summed E-state index contributed by atoms with van der Waals surface area (Å²) < 4.78 is 6.51. The first kappa shape index (κ1) is 14.5. The van der Waals surface area contributed by atoms with Crippen LogP contribution < -0.4 is 5.32 Å². The second-order valence-corrected chi connectivity index (χ2v) is 5.20. The Balaban J connectivity index is 2.19. The summed E-state index contributed by atoms with van der Waals surface area (Å²) in [6, 6.07) is 6.78. The SMILES string of the molecule is CCC1=C(C(=O)OC)[C@@H](c2ccc(Cl)cc2)n2nnnc2N1. The Morgan fingerprint density at radius 1 is 1.41 bits per heavy atom. The lowest BCUT2D eigenvalue weighted by molar-refractivity contribution is -0.136. The molecule has 7 nitrogen and oxygen atoms in total. The summed E-state index contributed by atoms with van der Waals surface area (Å²) >= 11 is 5.95. The van der Waals surface area contributed by atoms with E-state index in [0.717, 1.165) is 11.3 Å². The summed E-state index contributed by atoms with van der Waals surface area (Å²) in [6.45, 7) is 1.95. The molecule has 1 aromatic carbocycles. The Labute approximate surface area is 131 Å². The van der Waals surface area contributed by atoms with Gasteiger partial charge < -0.3 is 10.1 Å². The fourth-order valence-corrected chi connectivity index (χ4v) is 2.64. The van der Waals surface area contributed by atoms with Crippen LogP contribution in [0.2, 0.25) is 5.02 Å². The van der Waals surface area contributed by atoms with Crippen LogP contribution in [0.1, 0.15) is 24.9 Å². The number of carbonyl (C=O) groups excluding carboxylic acids is 1. The molecule has 0 saturated heterocycles. The average Bonchev–Trinajstić information content (AvgIpc) is 3.01. The molecule has 1 atom stereocenters. The molecular weight excluding hydrogens is 306 g/mol. The normalized spacial score (nSPS) is 17.0. The number of fused-ring (bicyclic) bond motifs is 1. The number of allylic oxidation sites excluding steroid dienone is 1.